The zero-order chi connectivity index (χ0) is 14.5. The normalized spacial score (nSPS) is 16.6. The molecule has 3 nitrogen and oxygen atoms in total. The molecule has 0 atom stereocenters. The molecule has 0 unspecified atom stereocenters. The van der Waals surface area contributed by atoms with Crippen LogP contribution in [-0.2, 0) is 4.84 Å². The molecule has 3 rings (SSSR count). The van der Waals surface area contributed by atoms with Crippen LogP contribution in [0.25, 0.3) is 0 Å². The SMILES string of the molecule is O=C(ON1CCC(c2ccccc2)CC1)c1ccccc1. The van der Waals surface area contributed by atoms with Gasteiger partial charge in [0, 0.05) is 13.1 Å². The van der Waals surface area contributed by atoms with Gasteiger partial charge in [0.1, 0.15) is 0 Å². The standard InChI is InChI=1S/C18H19NO2/c20-18(17-9-5-2-6-10-17)21-19-13-11-16(12-14-19)15-7-3-1-4-8-15/h1-10,16H,11-14H2. The van der Waals surface area contributed by atoms with E-state index in [0.717, 1.165) is 25.9 Å². The van der Waals surface area contributed by atoms with Gasteiger partial charge in [0.05, 0.1) is 5.56 Å². The van der Waals surface area contributed by atoms with Crippen LogP contribution in [0.3, 0.4) is 0 Å². The lowest BCUT2D eigenvalue weighted by atomic mass is 9.90. The van der Waals surface area contributed by atoms with E-state index in [1.54, 1.807) is 17.2 Å². The summed E-state index contributed by atoms with van der Waals surface area (Å²) >= 11 is 0. The molecule has 0 bridgehead atoms. The third-order valence-electron chi connectivity index (χ3n) is 3.95. The Morgan fingerprint density at radius 3 is 2.10 bits per heavy atom. The van der Waals surface area contributed by atoms with Crippen LogP contribution in [0.1, 0.15) is 34.7 Å². The summed E-state index contributed by atoms with van der Waals surface area (Å²) in [5.41, 5.74) is 1.98. The molecule has 2 aromatic rings. The molecular weight excluding hydrogens is 262 g/mol. The van der Waals surface area contributed by atoms with Crippen LogP contribution in [0.2, 0.25) is 0 Å². The summed E-state index contributed by atoms with van der Waals surface area (Å²) < 4.78 is 0. The van der Waals surface area contributed by atoms with E-state index in [9.17, 15) is 4.79 Å². The summed E-state index contributed by atoms with van der Waals surface area (Å²) in [6.07, 6.45) is 2.04. The lowest BCUT2D eigenvalue weighted by Crippen LogP contribution is -2.35. The molecule has 0 radical (unpaired) electrons. The molecule has 0 aliphatic carbocycles. The second kappa shape index (κ2) is 6.55. The van der Waals surface area contributed by atoms with Crippen molar-refractivity contribution in [3.8, 4) is 0 Å². The number of hydroxylamine groups is 2. The third kappa shape index (κ3) is 3.50. The highest BCUT2D eigenvalue weighted by atomic mass is 16.7. The van der Waals surface area contributed by atoms with Gasteiger partial charge in [-0.3, -0.25) is 0 Å². The van der Waals surface area contributed by atoms with Crippen molar-refractivity contribution >= 4 is 5.97 Å². The molecule has 0 saturated carbocycles. The predicted molar refractivity (Wildman–Crippen MR) is 81.8 cm³/mol. The van der Waals surface area contributed by atoms with Crippen molar-refractivity contribution in [2.24, 2.45) is 0 Å². The molecule has 0 spiro atoms. The second-order valence-corrected chi connectivity index (χ2v) is 5.36. The van der Waals surface area contributed by atoms with Gasteiger partial charge in [0.25, 0.3) is 0 Å². The van der Waals surface area contributed by atoms with Crippen LogP contribution in [-0.4, -0.2) is 24.1 Å². The van der Waals surface area contributed by atoms with Gasteiger partial charge in [-0.25, -0.2) is 4.79 Å². The molecule has 1 aliphatic heterocycles. The summed E-state index contributed by atoms with van der Waals surface area (Å²) in [4.78, 5) is 17.5. The molecule has 21 heavy (non-hydrogen) atoms. The maximum Gasteiger partial charge on any atom is 0.357 e. The number of hydrogen-bond donors (Lipinski definition) is 0. The Bertz CT molecular complexity index is 575. The van der Waals surface area contributed by atoms with Gasteiger partial charge < -0.3 is 4.84 Å². The summed E-state index contributed by atoms with van der Waals surface area (Å²) in [7, 11) is 0. The van der Waals surface area contributed by atoms with E-state index in [1.807, 2.05) is 24.3 Å². The predicted octanol–water partition coefficient (Wildman–Crippen LogP) is 3.64. The zero-order valence-electron chi connectivity index (χ0n) is 11.9. The lowest BCUT2D eigenvalue weighted by molar-refractivity contribution is -0.121. The number of piperidine rings is 1. The van der Waals surface area contributed by atoms with Gasteiger partial charge in [-0.1, -0.05) is 48.5 Å². The molecule has 0 N–H and O–H groups in total. The Balaban J connectivity index is 1.53. The molecule has 3 heteroatoms. The van der Waals surface area contributed by atoms with E-state index < -0.39 is 0 Å². The van der Waals surface area contributed by atoms with E-state index in [0.29, 0.717) is 11.5 Å². The lowest BCUT2D eigenvalue weighted by Gasteiger charge is -2.30. The zero-order valence-corrected chi connectivity index (χ0v) is 11.9. The van der Waals surface area contributed by atoms with Crippen molar-refractivity contribution in [2.45, 2.75) is 18.8 Å². The molecule has 1 aliphatic rings. The minimum Gasteiger partial charge on any atom is -0.364 e. The van der Waals surface area contributed by atoms with Crippen molar-refractivity contribution in [2.75, 3.05) is 13.1 Å². The summed E-state index contributed by atoms with van der Waals surface area (Å²) in [5, 5.41) is 1.79. The van der Waals surface area contributed by atoms with Crippen LogP contribution < -0.4 is 0 Å². The minimum atomic E-state index is -0.270. The quantitative estimate of drug-likeness (QED) is 0.860. The van der Waals surface area contributed by atoms with Gasteiger partial charge in [0.2, 0.25) is 0 Å². The van der Waals surface area contributed by atoms with E-state index in [-0.39, 0.29) is 5.97 Å². The summed E-state index contributed by atoms with van der Waals surface area (Å²) in [5.74, 6) is 0.298. The Hall–Kier alpha value is -2.13. The first kappa shape index (κ1) is 13.8. The Labute approximate surface area is 125 Å². The monoisotopic (exact) mass is 281 g/mol. The molecule has 0 aromatic heterocycles. The maximum atomic E-state index is 12.0. The fourth-order valence-electron chi connectivity index (χ4n) is 2.75. The van der Waals surface area contributed by atoms with Crippen LogP contribution >= 0.6 is 0 Å². The first-order valence-electron chi connectivity index (χ1n) is 7.40. The molecule has 1 heterocycles. The Morgan fingerprint density at radius 2 is 1.48 bits per heavy atom. The Morgan fingerprint density at radius 1 is 0.905 bits per heavy atom. The first-order valence-corrected chi connectivity index (χ1v) is 7.40. The molecule has 0 amide bonds. The summed E-state index contributed by atoms with van der Waals surface area (Å²) in [6.45, 7) is 1.58. The van der Waals surface area contributed by atoms with Gasteiger partial charge in [0.15, 0.2) is 0 Å². The van der Waals surface area contributed by atoms with Gasteiger partial charge in [-0.15, -0.1) is 5.06 Å². The van der Waals surface area contributed by atoms with Crippen LogP contribution in [0.15, 0.2) is 60.7 Å². The fraction of sp³-hybridized carbons (Fsp3) is 0.278. The third-order valence-corrected chi connectivity index (χ3v) is 3.95. The highest BCUT2D eigenvalue weighted by Crippen LogP contribution is 2.27. The number of carbonyl (C=O) groups excluding carboxylic acids is 1. The Kier molecular flexibility index (Phi) is 4.31. The summed E-state index contributed by atoms with van der Waals surface area (Å²) in [6, 6.07) is 19.7. The highest BCUT2D eigenvalue weighted by molar-refractivity contribution is 5.89. The van der Waals surface area contributed by atoms with Crippen molar-refractivity contribution in [1.29, 1.82) is 0 Å². The topological polar surface area (TPSA) is 29.5 Å². The minimum absolute atomic E-state index is 0.270. The molecule has 2 aromatic carbocycles. The van der Waals surface area contributed by atoms with Crippen LogP contribution in [0.5, 0.6) is 0 Å². The molecule has 1 fully saturated rings. The molecule has 1 saturated heterocycles. The number of nitrogens with zero attached hydrogens (tertiary/aromatic N) is 1. The number of carbonyl (C=O) groups is 1. The van der Waals surface area contributed by atoms with Crippen LogP contribution in [0, 0.1) is 0 Å². The van der Waals surface area contributed by atoms with Crippen molar-refractivity contribution in [1.82, 2.24) is 5.06 Å². The average Bonchev–Trinajstić information content (AvgIpc) is 2.57. The van der Waals surface area contributed by atoms with E-state index >= 15 is 0 Å². The average molecular weight is 281 g/mol. The van der Waals surface area contributed by atoms with Crippen molar-refractivity contribution < 1.29 is 9.63 Å². The number of rotatable bonds is 3. The van der Waals surface area contributed by atoms with E-state index in [4.69, 9.17) is 4.84 Å². The highest BCUT2D eigenvalue weighted by Gasteiger charge is 2.23. The largest absolute Gasteiger partial charge is 0.364 e. The smallest absolute Gasteiger partial charge is 0.357 e. The fourth-order valence-corrected chi connectivity index (χ4v) is 2.75. The van der Waals surface area contributed by atoms with Gasteiger partial charge >= 0.3 is 5.97 Å². The van der Waals surface area contributed by atoms with E-state index in [2.05, 4.69) is 24.3 Å². The molecule has 108 valence electrons. The number of benzene rings is 2. The molecular formula is C18H19NO2. The van der Waals surface area contributed by atoms with E-state index in [1.165, 1.54) is 5.56 Å². The number of hydrogen-bond acceptors (Lipinski definition) is 3. The van der Waals surface area contributed by atoms with Crippen molar-refractivity contribution in [3.05, 3.63) is 71.8 Å². The van der Waals surface area contributed by atoms with Gasteiger partial charge in [-0.2, -0.15) is 0 Å². The maximum absolute atomic E-state index is 12.0. The first-order chi connectivity index (χ1) is 10.3. The second-order valence-electron chi connectivity index (χ2n) is 5.36. The van der Waals surface area contributed by atoms with Gasteiger partial charge in [-0.05, 0) is 36.5 Å². The van der Waals surface area contributed by atoms with Crippen molar-refractivity contribution in [3.63, 3.8) is 0 Å². The van der Waals surface area contributed by atoms with Crippen LogP contribution in [0.4, 0.5) is 0 Å².